The number of hydrogen-bond donors (Lipinski definition) is 1. The molecular weight excluding hydrogens is 450 g/mol. The summed E-state index contributed by atoms with van der Waals surface area (Å²) in [6.45, 7) is 7.42. The normalized spacial score (nSPS) is 10.9. The van der Waals surface area contributed by atoms with Gasteiger partial charge in [0.1, 0.15) is 18.2 Å². The first-order chi connectivity index (χ1) is 16.3. The molecule has 0 unspecified atom stereocenters. The standard InChI is InChI=1S/C22H29N3O9/c1-4-7-31-8-9-32-10-11-33-22(28)34-19-14-16(13-18(20(19)26)25(29)30)12-17(15-23)21(27)24(5-2)6-3/h12-14,26H,4-11H2,1-3H3. The van der Waals surface area contributed by atoms with Crippen molar-refractivity contribution in [3.05, 3.63) is 33.4 Å². The Morgan fingerprint density at radius 1 is 1.12 bits per heavy atom. The Morgan fingerprint density at radius 2 is 1.74 bits per heavy atom. The van der Waals surface area contributed by atoms with Gasteiger partial charge in [-0.1, -0.05) is 6.92 Å². The Balaban J connectivity index is 2.94. The SMILES string of the molecule is CCCOCCOCCOC(=O)Oc1cc(C=C(C#N)C(=O)N(CC)CC)cc([N+](=O)[O-])c1O. The highest BCUT2D eigenvalue weighted by Crippen LogP contribution is 2.38. The van der Waals surface area contributed by atoms with E-state index in [4.69, 9.17) is 18.9 Å². The molecule has 12 heteroatoms. The molecule has 1 amide bonds. The van der Waals surface area contributed by atoms with E-state index in [9.17, 15) is 30.1 Å². The van der Waals surface area contributed by atoms with Crippen molar-refractivity contribution in [1.82, 2.24) is 4.90 Å². The number of amides is 1. The van der Waals surface area contributed by atoms with Crippen LogP contribution in [0.3, 0.4) is 0 Å². The highest BCUT2D eigenvalue weighted by atomic mass is 16.7. The summed E-state index contributed by atoms with van der Waals surface area (Å²) in [5.41, 5.74) is -1.06. The maximum absolute atomic E-state index is 12.5. The number of benzene rings is 1. The van der Waals surface area contributed by atoms with Gasteiger partial charge in [-0.25, -0.2) is 4.79 Å². The fourth-order valence-electron chi connectivity index (χ4n) is 2.67. The van der Waals surface area contributed by atoms with Gasteiger partial charge in [-0.2, -0.15) is 5.26 Å². The first-order valence-electron chi connectivity index (χ1n) is 10.7. The number of nitriles is 1. The van der Waals surface area contributed by atoms with Crippen LogP contribution in [0.2, 0.25) is 0 Å². The number of phenolic OH excluding ortho intramolecular Hbond substituents is 1. The molecule has 1 rings (SSSR count). The molecule has 34 heavy (non-hydrogen) atoms. The van der Waals surface area contributed by atoms with Crippen LogP contribution in [0.5, 0.6) is 11.5 Å². The van der Waals surface area contributed by atoms with Gasteiger partial charge in [0.15, 0.2) is 5.75 Å². The largest absolute Gasteiger partial charge is 0.514 e. The molecule has 0 aliphatic rings. The molecule has 0 heterocycles. The maximum atomic E-state index is 12.5. The van der Waals surface area contributed by atoms with Crippen molar-refractivity contribution in [2.75, 3.05) is 46.1 Å². The Kier molecular flexibility index (Phi) is 12.7. The Morgan fingerprint density at radius 3 is 2.29 bits per heavy atom. The lowest BCUT2D eigenvalue weighted by Gasteiger charge is -2.17. The van der Waals surface area contributed by atoms with Crippen LogP contribution in [-0.4, -0.2) is 73.1 Å². The Labute approximate surface area is 197 Å². The van der Waals surface area contributed by atoms with Crippen LogP contribution >= 0.6 is 0 Å². The van der Waals surface area contributed by atoms with Crippen LogP contribution in [-0.2, 0) is 19.0 Å². The van der Waals surface area contributed by atoms with E-state index < -0.39 is 34.2 Å². The van der Waals surface area contributed by atoms with Crippen LogP contribution in [0, 0.1) is 21.4 Å². The molecule has 12 nitrogen and oxygen atoms in total. The van der Waals surface area contributed by atoms with Crippen LogP contribution < -0.4 is 4.74 Å². The number of nitro groups is 1. The molecule has 1 aromatic carbocycles. The van der Waals surface area contributed by atoms with Crippen LogP contribution in [0.4, 0.5) is 10.5 Å². The number of nitrogens with zero attached hydrogens (tertiary/aromatic N) is 3. The van der Waals surface area contributed by atoms with Crippen molar-refractivity contribution in [3.8, 4) is 17.6 Å². The molecule has 0 saturated carbocycles. The van der Waals surface area contributed by atoms with Crippen LogP contribution in [0.1, 0.15) is 32.8 Å². The van der Waals surface area contributed by atoms with Gasteiger partial charge >= 0.3 is 11.8 Å². The number of carbonyl (C=O) groups is 2. The van der Waals surface area contributed by atoms with Gasteiger partial charge in [0.25, 0.3) is 5.91 Å². The topological polar surface area (TPSA) is 161 Å². The Hall–Kier alpha value is -3.69. The second-order valence-electron chi connectivity index (χ2n) is 6.72. The molecule has 1 N–H and O–H groups in total. The number of hydrogen-bond acceptors (Lipinski definition) is 10. The van der Waals surface area contributed by atoms with Crippen molar-refractivity contribution in [2.45, 2.75) is 27.2 Å². The summed E-state index contributed by atoms with van der Waals surface area (Å²) in [4.78, 5) is 36.2. The van der Waals surface area contributed by atoms with Crippen molar-refractivity contribution in [2.24, 2.45) is 0 Å². The summed E-state index contributed by atoms with van der Waals surface area (Å²) in [7, 11) is 0. The fraction of sp³-hybridized carbons (Fsp3) is 0.500. The van der Waals surface area contributed by atoms with E-state index in [0.717, 1.165) is 24.6 Å². The first kappa shape index (κ1) is 28.3. The first-order valence-corrected chi connectivity index (χ1v) is 10.7. The molecule has 186 valence electrons. The highest BCUT2D eigenvalue weighted by Gasteiger charge is 2.23. The second-order valence-corrected chi connectivity index (χ2v) is 6.72. The third-order valence-electron chi connectivity index (χ3n) is 4.35. The lowest BCUT2D eigenvalue weighted by Crippen LogP contribution is -2.31. The van der Waals surface area contributed by atoms with Crippen molar-refractivity contribution in [1.29, 1.82) is 5.26 Å². The lowest BCUT2D eigenvalue weighted by atomic mass is 10.1. The summed E-state index contributed by atoms with van der Waals surface area (Å²) in [6, 6.07) is 3.80. The molecule has 0 atom stereocenters. The number of ether oxygens (including phenoxy) is 4. The highest BCUT2D eigenvalue weighted by molar-refractivity contribution is 6.01. The van der Waals surface area contributed by atoms with E-state index >= 15 is 0 Å². The molecule has 0 aliphatic heterocycles. The van der Waals surface area contributed by atoms with E-state index in [0.29, 0.717) is 32.9 Å². The third-order valence-corrected chi connectivity index (χ3v) is 4.35. The monoisotopic (exact) mass is 479 g/mol. The summed E-state index contributed by atoms with van der Waals surface area (Å²) >= 11 is 0. The zero-order valence-electron chi connectivity index (χ0n) is 19.4. The molecule has 0 aliphatic carbocycles. The second kappa shape index (κ2) is 15.2. The molecule has 1 aromatic rings. The molecular formula is C22H29N3O9. The molecule has 0 spiro atoms. The smallest absolute Gasteiger partial charge is 0.499 e. The van der Waals surface area contributed by atoms with E-state index in [2.05, 4.69) is 0 Å². The van der Waals surface area contributed by atoms with E-state index in [1.54, 1.807) is 19.9 Å². The van der Waals surface area contributed by atoms with Gasteiger partial charge < -0.3 is 29.0 Å². The van der Waals surface area contributed by atoms with Crippen LogP contribution in [0.25, 0.3) is 6.08 Å². The minimum absolute atomic E-state index is 0.000214. The summed E-state index contributed by atoms with van der Waals surface area (Å²) in [6.07, 6.45) is 0.775. The van der Waals surface area contributed by atoms with E-state index in [-0.39, 0.29) is 24.4 Å². The number of phenols is 1. The number of nitro benzene ring substituents is 1. The number of aromatic hydroxyl groups is 1. The van der Waals surface area contributed by atoms with Crippen molar-refractivity contribution in [3.63, 3.8) is 0 Å². The number of likely N-dealkylation sites (N-methyl/N-ethyl adjacent to an activating group) is 1. The molecule has 0 aromatic heterocycles. The van der Waals surface area contributed by atoms with Gasteiger partial charge in [-0.3, -0.25) is 14.9 Å². The van der Waals surface area contributed by atoms with Gasteiger partial charge in [0.2, 0.25) is 5.75 Å². The zero-order chi connectivity index (χ0) is 25.5. The predicted octanol–water partition coefficient (Wildman–Crippen LogP) is 3.03. The average molecular weight is 479 g/mol. The van der Waals surface area contributed by atoms with Crippen molar-refractivity contribution < 1.29 is 38.6 Å². The fourth-order valence-corrected chi connectivity index (χ4v) is 2.67. The lowest BCUT2D eigenvalue weighted by molar-refractivity contribution is -0.385. The summed E-state index contributed by atoms with van der Waals surface area (Å²) in [5, 5.41) is 30.8. The quantitative estimate of drug-likeness (QED) is 0.0798. The van der Waals surface area contributed by atoms with Crippen molar-refractivity contribution >= 4 is 23.8 Å². The van der Waals surface area contributed by atoms with Gasteiger partial charge in [-0.15, -0.1) is 0 Å². The third kappa shape index (κ3) is 9.05. The number of rotatable bonds is 14. The van der Waals surface area contributed by atoms with Gasteiger partial charge in [0, 0.05) is 25.8 Å². The number of carbonyl (C=O) groups excluding carboxylic acids is 2. The Bertz CT molecular complexity index is 921. The molecule has 0 saturated heterocycles. The minimum Gasteiger partial charge on any atom is -0.499 e. The zero-order valence-corrected chi connectivity index (χ0v) is 19.4. The molecule has 0 radical (unpaired) electrons. The summed E-state index contributed by atoms with van der Waals surface area (Å²) in [5.74, 6) is -2.03. The van der Waals surface area contributed by atoms with Gasteiger partial charge in [-0.05, 0) is 38.0 Å². The molecule has 0 bridgehead atoms. The average Bonchev–Trinajstić information content (AvgIpc) is 2.81. The predicted molar refractivity (Wildman–Crippen MR) is 120 cm³/mol. The minimum atomic E-state index is -1.23. The maximum Gasteiger partial charge on any atom is 0.514 e. The summed E-state index contributed by atoms with van der Waals surface area (Å²) < 4.78 is 20.2. The molecule has 0 fully saturated rings. The van der Waals surface area contributed by atoms with Gasteiger partial charge in [0.05, 0.1) is 24.7 Å². The van der Waals surface area contributed by atoms with Crippen LogP contribution in [0.15, 0.2) is 17.7 Å². The van der Waals surface area contributed by atoms with E-state index in [1.165, 1.54) is 4.90 Å². The van der Waals surface area contributed by atoms with E-state index in [1.807, 2.05) is 6.92 Å².